The number of rotatable bonds is 7. The Morgan fingerprint density at radius 3 is 2.65 bits per heavy atom. The standard InChI is InChI=1S/C24H23Cl2N3O4S/c1-34(30,31)28-14-24(15-28)11-20(12-24)33-19-2-3-22-16(9-19)4-6-29(22)18-8-17(13-27)23(21(26)10-18)32-7-5-25/h2-4,6,8-10,20H,5,7,11-12,14-15H2,1H3. The maximum absolute atomic E-state index is 11.6. The number of ether oxygens (including phenoxy) is 2. The third kappa shape index (κ3) is 4.22. The molecule has 1 aliphatic carbocycles. The molecule has 2 aromatic carbocycles. The van der Waals surface area contributed by atoms with Crippen LogP contribution < -0.4 is 9.47 Å². The van der Waals surface area contributed by atoms with E-state index in [0.29, 0.717) is 35.3 Å². The van der Waals surface area contributed by atoms with E-state index < -0.39 is 10.0 Å². The minimum absolute atomic E-state index is 0.0819. The van der Waals surface area contributed by atoms with Crippen molar-refractivity contribution in [2.75, 3.05) is 31.8 Å². The molecule has 2 aliphatic rings. The maximum Gasteiger partial charge on any atom is 0.211 e. The van der Waals surface area contributed by atoms with Crippen LogP contribution in [0.25, 0.3) is 16.6 Å². The highest BCUT2D eigenvalue weighted by Crippen LogP contribution is 2.50. The lowest BCUT2D eigenvalue weighted by molar-refractivity contribution is -0.0868. The summed E-state index contributed by atoms with van der Waals surface area (Å²) < 4.78 is 38.4. The molecule has 0 radical (unpaired) electrons. The molecule has 0 unspecified atom stereocenters. The van der Waals surface area contributed by atoms with Crippen molar-refractivity contribution in [3.63, 3.8) is 0 Å². The summed E-state index contributed by atoms with van der Waals surface area (Å²) >= 11 is 12.1. The molecule has 10 heteroatoms. The summed E-state index contributed by atoms with van der Waals surface area (Å²) in [5.41, 5.74) is 2.14. The molecule has 2 heterocycles. The molecule has 3 aromatic rings. The van der Waals surface area contributed by atoms with E-state index in [2.05, 4.69) is 6.07 Å². The largest absolute Gasteiger partial charge is 0.490 e. The van der Waals surface area contributed by atoms with Crippen molar-refractivity contribution in [3.05, 3.63) is 53.2 Å². The van der Waals surface area contributed by atoms with Crippen LogP contribution in [0.3, 0.4) is 0 Å². The summed E-state index contributed by atoms with van der Waals surface area (Å²) in [6.45, 7) is 1.45. The fourth-order valence-corrected chi connectivity index (χ4v) is 6.25. The first kappa shape index (κ1) is 23.3. The smallest absolute Gasteiger partial charge is 0.211 e. The number of aromatic nitrogens is 1. The summed E-state index contributed by atoms with van der Waals surface area (Å²) in [6.07, 6.45) is 5.01. The van der Waals surface area contributed by atoms with Gasteiger partial charge in [0.15, 0.2) is 5.75 Å². The first-order chi connectivity index (χ1) is 16.2. The van der Waals surface area contributed by atoms with Crippen LogP contribution in [0.15, 0.2) is 42.6 Å². The van der Waals surface area contributed by atoms with Gasteiger partial charge in [0.1, 0.15) is 18.4 Å². The van der Waals surface area contributed by atoms with Gasteiger partial charge < -0.3 is 14.0 Å². The summed E-state index contributed by atoms with van der Waals surface area (Å²) in [5, 5.41) is 10.9. The first-order valence-corrected chi connectivity index (χ1v) is 13.6. The maximum atomic E-state index is 11.6. The van der Waals surface area contributed by atoms with E-state index >= 15 is 0 Å². The summed E-state index contributed by atoms with van der Waals surface area (Å²) in [6, 6.07) is 13.5. The van der Waals surface area contributed by atoms with Crippen molar-refractivity contribution in [2.45, 2.75) is 18.9 Å². The Kier molecular flexibility index (Phi) is 5.93. The van der Waals surface area contributed by atoms with E-state index in [9.17, 15) is 13.7 Å². The van der Waals surface area contributed by atoms with Crippen molar-refractivity contribution in [1.29, 1.82) is 5.26 Å². The molecular formula is C24H23Cl2N3O4S. The lowest BCUT2D eigenvalue weighted by Gasteiger charge is -2.57. The molecule has 1 aromatic heterocycles. The van der Waals surface area contributed by atoms with Crippen LogP contribution in [0.1, 0.15) is 18.4 Å². The minimum atomic E-state index is -3.10. The van der Waals surface area contributed by atoms with Gasteiger partial charge in [-0.05, 0) is 49.2 Å². The molecule has 0 bridgehead atoms. The second kappa shape index (κ2) is 8.65. The fourth-order valence-electron chi connectivity index (χ4n) is 4.88. The normalized spacial score (nSPS) is 17.8. The van der Waals surface area contributed by atoms with Crippen LogP contribution >= 0.6 is 23.2 Å². The van der Waals surface area contributed by atoms with Gasteiger partial charge in [0.25, 0.3) is 0 Å². The van der Waals surface area contributed by atoms with Crippen molar-refractivity contribution in [2.24, 2.45) is 5.41 Å². The van der Waals surface area contributed by atoms with E-state index in [4.69, 9.17) is 32.7 Å². The molecule has 1 aliphatic heterocycles. The van der Waals surface area contributed by atoms with E-state index in [1.54, 1.807) is 12.1 Å². The highest BCUT2D eigenvalue weighted by atomic mass is 35.5. The number of nitriles is 1. The number of alkyl halides is 1. The minimum Gasteiger partial charge on any atom is -0.490 e. The van der Waals surface area contributed by atoms with Crippen LogP contribution in [0.2, 0.25) is 5.02 Å². The first-order valence-electron chi connectivity index (χ1n) is 10.9. The Bertz CT molecular complexity index is 1400. The molecule has 5 rings (SSSR count). The monoisotopic (exact) mass is 519 g/mol. The van der Waals surface area contributed by atoms with Gasteiger partial charge in [-0.2, -0.15) is 5.26 Å². The van der Waals surface area contributed by atoms with Gasteiger partial charge in [-0.3, -0.25) is 0 Å². The Hall–Kier alpha value is -2.44. The summed E-state index contributed by atoms with van der Waals surface area (Å²) in [4.78, 5) is 0. The number of benzene rings is 2. The van der Waals surface area contributed by atoms with E-state index in [1.807, 2.05) is 35.0 Å². The van der Waals surface area contributed by atoms with E-state index in [0.717, 1.165) is 35.2 Å². The SMILES string of the molecule is CS(=O)(=O)N1CC2(CC(Oc3ccc4c(ccn4-c4cc(Cl)c(OCCCl)c(C#N)c4)c3)C2)C1. The average Bonchev–Trinajstić information content (AvgIpc) is 3.15. The zero-order chi connectivity index (χ0) is 24.1. The molecule has 0 N–H and O–H groups in total. The van der Waals surface area contributed by atoms with Gasteiger partial charge in [-0.25, -0.2) is 12.7 Å². The molecule has 1 saturated heterocycles. The number of hydrogen-bond acceptors (Lipinski definition) is 5. The third-order valence-electron chi connectivity index (χ3n) is 6.53. The van der Waals surface area contributed by atoms with Gasteiger partial charge in [-0.1, -0.05) is 11.6 Å². The number of fused-ring (bicyclic) bond motifs is 1. The number of halogens is 2. The number of nitrogens with zero attached hydrogens (tertiary/aromatic N) is 3. The van der Waals surface area contributed by atoms with Crippen LogP contribution in [0.4, 0.5) is 0 Å². The second-order valence-corrected chi connectivity index (χ2v) is 11.8. The molecule has 2 fully saturated rings. The molecule has 34 heavy (non-hydrogen) atoms. The van der Waals surface area contributed by atoms with Crippen molar-refractivity contribution < 1.29 is 17.9 Å². The van der Waals surface area contributed by atoms with Gasteiger partial charge in [0.2, 0.25) is 10.0 Å². The number of hydrogen-bond donors (Lipinski definition) is 0. The average molecular weight is 520 g/mol. The zero-order valence-corrected chi connectivity index (χ0v) is 20.8. The molecule has 1 saturated carbocycles. The topological polar surface area (TPSA) is 84.6 Å². The van der Waals surface area contributed by atoms with Gasteiger partial charge in [0, 0.05) is 35.8 Å². The summed E-state index contributed by atoms with van der Waals surface area (Å²) in [5.74, 6) is 1.42. The van der Waals surface area contributed by atoms with Gasteiger partial charge in [-0.15, -0.1) is 11.6 Å². The van der Waals surface area contributed by atoms with Crippen molar-refractivity contribution >= 4 is 44.1 Å². The molecule has 0 amide bonds. The Labute approximate surface area is 208 Å². The highest BCUT2D eigenvalue weighted by molar-refractivity contribution is 7.88. The lowest BCUT2D eigenvalue weighted by Crippen LogP contribution is -2.65. The van der Waals surface area contributed by atoms with Crippen molar-refractivity contribution in [1.82, 2.24) is 8.87 Å². The predicted molar refractivity (Wildman–Crippen MR) is 132 cm³/mol. The van der Waals surface area contributed by atoms with E-state index in [1.165, 1.54) is 10.6 Å². The molecule has 178 valence electrons. The zero-order valence-electron chi connectivity index (χ0n) is 18.5. The van der Waals surface area contributed by atoms with Gasteiger partial charge >= 0.3 is 0 Å². The van der Waals surface area contributed by atoms with E-state index in [-0.39, 0.29) is 18.1 Å². The van der Waals surface area contributed by atoms with Crippen LogP contribution in [0.5, 0.6) is 11.5 Å². The molecule has 7 nitrogen and oxygen atoms in total. The highest BCUT2D eigenvalue weighted by Gasteiger charge is 2.55. The second-order valence-electron chi connectivity index (χ2n) is 9.04. The fraction of sp³-hybridized carbons (Fsp3) is 0.375. The van der Waals surface area contributed by atoms with Crippen LogP contribution in [-0.2, 0) is 10.0 Å². The lowest BCUT2D eigenvalue weighted by atomic mass is 9.63. The quantitative estimate of drug-likeness (QED) is 0.426. The van der Waals surface area contributed by atoms with Gasteiger partial charge in [0.05, 0.1) is 34.3 Å². The Balaban J connectivity index is 1.31. The summed E-state index contributed by atoms with van der Waals surface area (Å²) in [7, 11) is -3.10. The molecule has 0 atom stereocenters. The van der Waals surface area contributed by atoms with Crippen LogP contribution in [-0.4, -0.2) is 55.2 Å². The predicted octanol–water partition coefficient (Wildman–Crippen LogP) is 4.58. The third-order valence-corrected chi connectivity index (χ3v) is 8.16. The number of sulfonamides is 1. The molecular weight excluding hydrogens is 497 g/mol. The Morgan fingerprint density at radius 2 is 1.97 bits per heavy atom. The van der Waals surface area contributed by atoms with Crippen molar-refractivity contribution in [3.8, 4) is 23.3 Å². The Morgan fingerprint density at radius 1 is 1.21 bits per heavy atom. The van der Waals surface area contributed by atoms with Crippen LogP contribution in [0, 0.1) is 16.7 Å². The molecule has 1 spiro atoms.